The van der Waals surface area contributed by atoms with E-state index in [4.69, 9.17) is 4.74 Å². The van der Waals surface area contributed by atoms with Gasteiger partial charge in [-0.25, -0.2) is 0 Å². The van der Waals surface area contributed by atoms with Gasteiger partial charge in [-0.05, 0) is 25.1 Å². The van der Waals surface area contributed by atoms with Crippen molar-refractivity contribution in [2.24, 2.45) is 0 Å². The molecule has 0 amide bonds. The van der Waals surface area contributed by atoms with Gasteiger partial charge in [-0.2, -0.15) is 0 Å². The Hall–Kier alpha value is -1.77. The molecule has 0 saturated heterocycles. The zero-order chi connectivity index (χ0) is 11.3. The Morgan fingerprint density at radius 1 is 1.60 bits per heavy atom. The number of hydrogen-bond acceptors (Lipinski definition) is 3. The maximum atomic E-state index is 10.7. The quantitative estimate of drug-likeness (QED) is 0.592. The highest BCUT2D eigenvalue weighted by atomic mass is 16.5. The fraction of sp³-hybridized carbons (Fsp3) is 0.250. The molecule has 1 N–H and O–H groups in total. The second kappa shape index (κ2) is 5.20. The first-order valence-electron chi connectivity index (χ1n) is 4.79. The number of allylic oxidation sites excluding steroid dienone is 1. The fourth-order valence-corrected chi connectivity index (χ4v) is 1.32. The second-order valence-corrected chi connectivity index (χ2v) is 3.08. The lowest BCUT2D eigenvalue weighted by Crippen LogP contribution is -2.01. The second-order valence-electron chi connectivity index (χ2n) is 3.08. The van der Waals surface area contributed by atoms with Crippen LogP contribution >= 0.6 is 0 Å². The summed E-state index contributed by atoms with van der Waals surface area (Å²) in [5.41, 5.74) is 2.13. The molecule has 0 radical (unpaired) electrons. The van der Waals surface area contributed by atoms with E-state index in [1.54, 1.807) is 13.2 Å². The molecule has 0 atom stereocenters. The van der Waals surface area contributed by atoms with Crippen LogP contribution in [0.25, 0.3) is 5.57 Å². The standard InChI is InChI=1S/C12H15NO2/c1-4-13-12-6-5-10(15-3)7-11(12)9(2)8-14/h5-8,13H,2,4H2,1,3H3. The Labute approximate surface area is 89.8 Å². The molecule has 0 aliphatic heterocycles. The van der Waals surface area contributed by atoms with E-state index < -0.39 is 0 Å². The molecule has 0 bridgehead atoms. The van der Waals surface area contributed by atoms with E-state index >= 15 is 0 Å². The van der Waals surface area contributed by atoms with Crippen molar-refractivity contribution in [1.29, 1.82) is 0 Å². The lowest BCUT2D eigenvalue weighted by Gasteiger charge is -2.11. The van der Waals surface area contributed by atoms with Crippen LogP contribution in [-0.2, 0) is 4.79 Å². The normalized spacial score (nSPS) is 9.47. The van der Waals surface area contributed by atoms with Crippen LogP contribution in [-0.4, -0.2) is 19.9 Å². The zero-order valence-corrected chi connectivity index (χ0v) is 9.04. The highest BCUT2D eigenvalue weighted by Crippen LogP contribution is 2.26. The topological polar surface area (TPSA) is 38.3 Å². The first kappa shape index (κ1) is 11.3. The molecule has 1 aromatic carbocycles. The summed E-state index contributed by atoms with van der Waals surface area (Å²) < 4.78 is 5.10. The average molecular weight is 205 g/mol. The lowest BCUT2D eigenvalue weighted by molar-refractivity contribution is -0.103. The highest BCUT2D eigenvalue weighted by Gasteiger charge is 2.06. The third-order valence-electron chi connectivity index (χ3n) is 2.08. The molecule has 0 spiro atoms. The van der Waals surface area contributed by atoms with Gasteiger partial charge in [-0.15, -0.1) is 0 Å². The van der Waals surface area contributed by atoms with E-state index in [1.807, 2.05) is 19.1 Å². The van der Waals surface area contributed by atoms with Gasteiger partial charge in [0, 0.05) is 23.4 Å². The summed E-state index contributed by atoms with van der Waals surface area (Å²) in [6, 6.07) is 5.53. The molecule has 15 heavy (non-hydrogen) atoms. The molecule has 0 aromatic heterocycles. The molecule has 3 nitrogen and oxygen atoms in total. The van der Waals surface area contributed by atoms with Crippen LogP contribution in [0.1, 0.15) is 12.5 Å². The van der Waals surface area contributed by atoms with Crippen LogP contribution in [0.5, 0.6) is 5.75 Å². The molecular weight excluding hydrogens is 190 g/mol. The first-order chi connectivity index (χ1) is 7.22. The van der Waals surface area contributed by atoms with Crippen LogP contribution in [0.3, 0.4) is 0 Å². The Bertz CT molecular complexity index is 372. The van der Waals surface area contributed by atoms with Crippen molar-refractivity contribution in [2.45, 2.75) is 6.92 Å². The number of aldehydes is 1. The number of ether oxygens (including phenoxy) is 1. The van der Waals surface area contributed by atoms with Gasteiger partial charge in [0.15, 0.2) is 0 Å². The maximum absolute atomic E-state index is 10.7. The molecule has 1 aromatic rings. The van der Waals surface area contributed by atoms with Gasteiger partial charge in [0.2, 0.25) is 0 Å². The number of carbonyl (C=O) groups is 1. The first-order valence-corrected chi connectivity index (χ1v) is 4.79. The summed E-state index contributed by atoms with van der Waals surface area (Å²) in [4.78, 5) is 10.7. The molecule has 0 aliphatic rings. The summed E-state index contributed by atoms with van der Waals surface area (Å²) >= 11 is 0. The van der Waals surface area contributed by atoms with E-state index in [9.17, 15) is 4.79 Å². The predicted molar refractivity (Wildman–Crippen MR) is 62.3 cm³/mol. The summed E-state index contributed by atoms with van der Waals surface area (Å²) in [5.74, 6) is 0.717. The summed E-state index contributed by atoms with van der Waals surface area (Å²) in [6.45, 7) is 6.49. The third-order valence-corrected chi connectivity index (χ3v) is 2.08. The van der Waals surface area contributed by atoms with Crippen molar-refractivity contribution >= 4 is 17.5 Å². The molecule has 0 aliphatic carbocycles. The number of rotatable bonds is 5. The van der Waals surface area contributed by atoms with Crippen molar-refractivity contribution in [3.8, 4) is 5.75 Å². The molecule has 3 heteroatoms. The molecule has 1 rings (SSSR count). The fourth-order valence-electron chi connectivity index (χ4n) is 1.32. The monoisotopic (exact) mass is 205 g/mol. The zero-order valence-electron chi connectivity index (χ0n) is 9.04. The van der Waals surface area contributed by atoms with Crippen LogP contribution in [0.4, 0.5) is 5.69 Å². The maximum Gasteiger partial charge on any atom is 0.150 e. The molecular formula is C12H15NO2. The average Bonchev–Trinajstić information content (AvgIpc) is 2.29. The third kappa shape index (κ3) is 2.59. The SMILES string of the molecule is C=C(C=O)c1cc(OC)ccc1NCC. The van der Waals surface area contributed by atoms with Gasteiger partial charge in [0.05, 0.1) is 7.11 Å². The molecule has 0 fully saturated rings. The summed E-state index contributed by atoms with van der Waals surface area (Å²) in [7, 11) is 1.59. The van der Waals surface area contributed by atoms with Crippen molar-refractivity contribution < 1.29 is 9.53 Å². The van der Waals surface area contributed by atoms with Crippen LogP contribution in [0.15, 0.2) is 24.8 Å². The van der Waals surface area contributed by atoms with Gasteiger partial charge in [0.25, 0.3) is 0 Å². The van der Waals surface area contributed by atoms with Gasteiger partial charge >= 0.3 is 0 Å². The summed E-state index contributed by atoms with van der Waals surface area (Å²) in [6.07, 6.45) is 0.746. The number of methoxy groups -OCH3 is 1. The van der Waals surface area contributed by atoms with Crippen molar-refractivity contribution in [3.63, 3.8) is 0 Å². The van der Waals surface area contributed by atoms with Crippen LogP contribution in [0.2, 0.25) is 0 Å². The number of hydrogen-bond donors (Lipinski definition) is 1. The number of nitrogens with one attached hydrogen (secondary N) is 1. The Morgan fingerprint density at radius 2 is 2.33 bits per heavy atom. The van der Waals surface area contributed by atoms with E-state index in [-0.39, 0.29) is 0 Å². The van der Waals surface area contributed by atoms with E-state index in [2.05, 4.69) is 11.9 Å². The highest BCUT2D eigenvalue weighted by molar-refractivity contribution is 6.08. The molecule has 80 valence electrons. The largest absolute Gasteiger partial charge is 0.497 e. The summed E-state index contributed by atoms with van der Waals surface area (Å²) in [5, 5.41) is 3.17. The minimum Gasteiger partial charge on any atom is -0.497 e. The van der Waals surface area contributed by atoms with Gasteiger partial charge in [-0.1, -0.05) is 6.58 Å². The van der Waals surface area contributed by atoms with Crippen molar-refractivity contribution in [2.75, 3.05) is 19.0 Å². The van der Waals surface area contributed by atoms with E-state index in [0.717, 1.165) is 29.8 Å². The smallest absolute Gasteiger partial charge is 0.150 e. The van der Waals surface area contributed by atoms with Crippen molar-refractivity contribution in [1.82, 2.24) is 0 Å². The molecule has 0 unspecified atom stereocenters. The molecule has 0 saturated carbocycles. The lowest BCUT2D eigenvalue weighted by atomic mass is 10.1. The van der Waals surface area contributed by atoms with Gasteiger partial charge in [-0.3, -0.25) is 4.79 Å². The van der Waals surface area contributed by atoms with E-state index in [1.165, 1.54) is 0 Å². The van der Waals surface area contributed by atoms with Gasteiger partial charge in [0.1, 0.15) is 12.0 Å². The van der Waals surface area contributed by atoms with Crippen LogP contribution in [0, 0.1) is 0 Å². The Kier molecular flexibility index (Phi) is 3.92. The van der Waals surface area contributed by atoms with Crippen molar-refractivity contribution in [3.05, 3.63) is 30.3 Å². The Morgan fingerprint density at radius 3 is 2.87 bits per heavy atom. The van der Waals surface area contributed by atoms with Crippen LogP contribution < -0.4 is 10.1 Å². The number of anilines is 1. The number of benzene rings is 1. The minimum absolute atomic E-state index is 0.449. The number of carbonyl (C=O) groups excluding carboxylic acids is 1. The predicted octanol–water partition coefficient (Wildman–Crippen LogP) is 2.34. The Balaban J connectivity index is 3.15. The van der Waals surface area contributed by atoms with Gasteiger partial charge < -0.3 is 10.1 Å². The minimum atomic E-state index is 0.449. The molecule has 0 heterocycles. The van der Waals surface area contributed by atoms with E-state index in [0.29, 0.717) is 5.57 Å².